The third kappa shape index (κ3) is 2.45. The lowest BCUT2D eigenvalue weighted by molar-refractivity contribution is -0.0371. The van der Waals surface area contributed by atoms with Crippen LogP contribution in [0, 0.1) is 6.92 Å². The van der Waals surface area contributed by atoms with Crippen LogP contribution < -0.4 is 0 Å². The minimum Gasteiger partial charge on any atom is -0.377 e. The molecule has 1 amide bonds. The van der Waals surface area contributed by atoms with Crippen LogP contribution in [0.4, 0.5) is 0 Å². The SMILES string of the molecule is Cc1cccc(C(=O)N2CCOCC2(C)C)c1Br. The number of ether oxygens (including phenoxy) is 1. The summed E-state index contributed by atoms with van der Waals surface area (Å²) in [6, 6.07) is 5.77. The molecule has 4 heteroatoms. The molecule has 3 nitrogen and oxygen atoms in total. The Kier molecular flexibility index (Phi) is 3.78. The maximum Gasteiger partial charge on any atom is 0.255 e. The van der Waals surface area contributed by atoms with Crippen molar-refractivity contribution in [2.24, 2.45) is 0 Å². The van der Waals surface area contributed by atoms with Crippen LogP contribution in [0.15, 0.2) is 22.7 Å². The first-order valence-electron chi connectivity index (χ1n) is 6.08. The highest BCUT2D eigenvalue weighted by molar-refractivity contribution is 9.10. The van der Waals surface area contributed by atoms with Crippen molar-refractivity contribution in [2.45, 2.75) is 26.3 Å². The summed E-state index contributed by atoms with van der Waals surface area (Å²) < 4.78 is 6.34. The number of benzene rings is 1. The summed E-state index contributed by atoms with van der Waals surface area (Å²) in [7, 11) is 0. The number of morpholine rings is 1. The van der Waals surface area contributed by atoms with Gasteiger partial charge in [0.05, 0.1) is 24.3 Å². The summed E-state index contributed by atoms with van der Waals surface area (Å²) in [5.74, 6) is 0.0684. The highest BCUT2D eigenvalue weighted by Crippen LogP contribution is 2.27. The van der Waals surface area contributed by atoms with Crippen molar-refractivity contribution in [3.05, 3.63) is 33.8 Å². The predicted octanol–water partition coefficient (Wildman–Crippen LogP) is 3.01. The highest BCUT2D eigenvalue weighted by atomic mass is 79.9. The normalized spacial score (nSPS) is 18.8. The van der Waals surface area contributed by atoms with Crippen LogP contribution in [-0.4, -0.2) is 36.1 Å². The first-order valence-corrected chi connectivity index (χ1v) is 6.87. The highest BCUT2D eigenvalue weighted by Gasteiger charge is 2.35. The van der Waals surface area contributed by atoms with Crippen LogP contribution in [0.3, 0.4) is 0 Å². The van der Waals surface area contributed by atoms with E-state index in [2.05, 4.69) is 15.9 Å². The summed E-state index contributed by atoms with van der Waals surface area (Å²) in [4.78, 5) is 14.5. The van der Waals surface area contributed by atoms with E-state index in [-0.39, 0.29) is 11.4 Å². The zero-order valence-corrected chi connectivity index (χ0v) is 12.6. The van der Waals surface area contributed by atoms with Crippen LogP contribution in [-0.2, 0) is 4.74 Å². The quantitative estimate of drug-likeness (QED) is 0.798. The van der Waals surface area contributed by atoms with Crippen molar-refractivity contribution in [1.29, 1.82) is 0 Å². The first-order chi connectivity index (χ1) is 8.43. The van der Waals surface area contributed by atoms with Gasteiger partial charge in [-0.15, -0.1) is 0 Å². The second kappa shape index (κ2) is 5.02. The maximum atomic E-state index is 12.6. The molecular formula is C14H18BrNO2. The minimum absolute atomic E-state index is 0.0684. The molecule has 1 aromatic rings. The van der Waals surface area contributed by atoms with Gasteiger partial charge in [-0.2, -0.15) is 0 Å². The summed E-state index contributed by atoms with van der Waals surface area (Å²) >= 11 is 3.51. The summed E-state index contributed by atoms with van der Waals surface area (Å²) in [5.41, 5.74) is 1.55. The van der Waals surface area contributed by atoms with Crippen LogP contribution >= 0.6 is 15.9 Å². The molecule has 2 rings (SSSR count). The molecule has 0 spiro atoms. The fourth-order valence-electron chi connectivity index (χ4n) is 2.19. The molecule has 0 radical (unpaired) electrons. The molecule has 0 aliphatic carbocycles. The topological polar surface area (TPSA) is 29.5 Å². The Morgan fingerprint density at radius 1 is 1.44 bits per heavy atom. The van der Waals surface area contributed by atoms with E-state index >= 15 is 0 Å². The van der Waals surface area contributed by atoms with Gasteiger partial charge in [0.2, 0.25) is 0 Å². The van der Waals surface area contributed by atoms with E-state index in [1.807, 2.05) is 43.9 Å². The van der Waals surface area contributed by atoms with E-state index in [0.717, 1.165) is 15.6 Å². The van der Waals surface area contributed by atoms with E-state index in [0.29, 0.717) is 19.8 Å². The Bertz CT molecular complexity index is 471. The Morgan fingerprint density at radius 3 is 2.83 bits per heavy atom. The van der Waals surface area contributed by atoms with Crippen LogP contribution in [0.25, 0.3) is 0 Å². The van der Waals surface area contributed by atoms with Gasteiger partial charge in [0.15, 0.2) is 0 Å². The number of hydrogen-bond acceptors (Lipinski definition) is 2. The van der Waals surface area contributed by atoms with Gasteiger partial charge in [0.25, 0.3) is 5.91 Å². The molecule has 0 bridgehead atoms. The van der Waals surface area contributed by atoms with Gasteiger partial charge < -0.3 is 9.64 Å². The second-order valence-corrected chi connectivity index (χ2v) is 6.05. The average molecular weight is 312 g/mol. The summed E-state index contributed by atoms with van der Waals surface area (Å²) in [5, 5.41) is 0. The van der Waals surface area contributed by atoms with Gasteiger partial charge >= 0.3 is 0 Å². The molecule has 1 fully saturated rings. The Morgan fingerprint density at radius 2 is 2.17 bits per heavy atom. The molecule has 0 N–H and O–H groups in total. The molecule has 18 heavy (non-hydrogen) atoms. The van der Waals surface area contributed by atoms with E-state index < -0.39 is 0 Å². The maximum absolute atomic E-state index is 12.6. The summed E-state index contributed by atoms with van der Waals surface area (Å²) in [6.07, 6.45) is 0. The number of hydrogen-bond donors (Lipinski definition) is 0. The standard InChI is InChI=1S/C14H18BrNO2/c1-10-5-4-6-11(12(10)15)13(17)16-7-8-18-9-14(16,2)3/h4-6H,7-9H2,1-3H3. The van der Waals surface area contributed by atoms with Gasteiger partial charge in [-0.25, -0.2) is 0 Å². The molecule has 0 unspecified atom stereocenters. The number of nitrogens with zero attached hydrogens (tertiary/aromatic N) is 1. The number of rotatable bonds is 1. The lowest BCUT2D eigenvalue weighted by atomic mass is 10.0. The van der Waals surface area contributed by atoms with Gasteiger partial charge in [-0.05, 0) is 48.3 Å². The lowest BCUT2D eigenvalue weighted by Crippen LogP contribution is -2.55. The molecule has 0 atom stereocenters. The Labute approximate surface area is 116 Å². The number of halogens is 1. The molecule has 0 aromatic heterocycles. The van der Waals surface area contributed by atoms with Gasteiger partial charge in [0, 0.05) is 11.0 Å². The summed E-state index contributed by atoms with van der Waals surface area (Å²) in [6.45, 7) is 7.90. The van der Waals surface area contributed by atoms with Crippen molar-refractivity contribution in [2.75, 3.05) is 19.8 Å². The van der Waals surface area contributed by atoms with Crippen LogP contribution in [0.2, 0.25) is 0 Å². The average Bonchev–Trinajstić information content (AvgIpc) is 2.31. The number of carbonyl (C=O) groups is 1. The molecule has 0 saturated carbocycles. The van der Waals surface area contributed by atoms with Gasteiger partial charge in [-0.1, -0.05) is 12.1 Å². The molecule has 98 valence electrons. The largest absolute Gasteiger partial charge is 0.377 e. The molecule has 1 aliphatic rings. The third-order valence-corrected chi connectivity index (χ3v) is 4.37. The van der Waals surface area contributed by atoms with Crippen molar-refractivity contribution in [1.82, 2.24) is 4.90 Å². The van der Waals surface area contributed by atoms with Gasteiger partial charge in [0.1, 0.15) is 0 Å². The molecule has 1 aromatic carbocycles. The smallest absolute Gasteiger partial charge is 0.255 e. The molecule has 1 aliphatic heterocycles. The molecule has 1 heterocycles. The third-order valence-electron chi connectivity index (χ3n) is 3.31. The second-order valence-electron chi connectivity index (χ2n) is 5.26. The van der Waals surface area contributed by atoms with E-state index in [1.165, 1.54) is 0 Å². The van der Waals surface area contributed by atoms with Crippen molar-refractivity contribution >= 4 is 21.8 Å². The fourth-order valence-corrected chi connectivity index (χ4v) is 2.63. The zero-order valence-electron chi connectivity index (χ0n) is 11.0. The van der Waals surface area contributed by atoms with Crippen LogP contribution in [0.5, 0.6) is 0 Å². The zero-order chi connectivity index (χ0) is 13.3. The number of amides is 1. The van der Waals surface area contributed by atoms with E-state index in [1.54, 1.807) is 0 Å². The molecular weight excluding hydrogens is 294 g/mol. The molecule has 1 saturated heterocycles. The monoisotopic (exact) mass is 311 g/mol. The number of aryl methyl sites for hydroxylation is 1. The fraction of sp³-hybridized carbons (Fsp3) is 0.500. The van der Waals surface area contributed by atoms with Crippen molar-refractivity contribution in [3.63, 3.8) is 0 Å². The Hall–Kier alpha value is -0.870. The Balaban J connectivity index is 2.33. The number of carbonyl (C=O) groups excluding carboxylic acids is 1. The minimum atomic E-state index is -0.251. The van der Waals surface area contributed by atoms with Crippen molar-refractivity contribution in [3.8, 4) is 0 Å². The lowest BCUT2D eigenvalue weighted by Gasteiger charge is -2.42. The predicted molar refractivity (Wildman–Crippen MR) is 74.8 cm³/mol. The van der Waals surface area contributed by atoms with E-state index in [4.69, 9.17) is 4.74 Å². The van der Waals surface area contributed by atoms with Crippen molar-refractivity contribution < 1.29 is 9.53 Å². The van der Waals surface area contributed by atoms with Gasteiger partial charge in [-0.3, -0.25) is 4.79 Å². The first kappa shape index (κ1) is 13.6. The van der Waals surface area contributed by atoms with E-state index in [9.17, 15) is 4.79 Å². The van der Waals surface area contributed by atoms with Crippen LogP contribution in [0.1, 0.15) is 29.8 Å².